The SMILES string of the molecule is COc1cc(C(=O)NC2C[C@H]3CCC[C@@H](C2)N3Cc2c[nH]c3ccccc23)cc(OC)c1OC. The van der Waals surface area contributed by atoms with Crippen molar-refractivity contribution in [2.45, 2.75) is 56.8 Å². The second kappa shape index (κ2) is 9.58. The van der Waals surface area contributed by atoms with Gasteiger partial charge < -0.3 is 24.5 Å². The Morgan fingerprint density at radius 3 is 2.35 bits per heavy atom. The highest BCUT2D eigenvalue weighted by molar-refractivity contribution is 5.95. The van der Waals surface area contributed by atoms with Gasteiger partial charge in [-0.15, -0.1) is 0 Å². The van der Waals surface area contributed by atoms with Gasteiger partial charge in [0.25, 0.3) is 5.91 Å². The average Bonchev–Trinajstić information content (AvgIpc) is 3.26. The van der Waals surface area contributed by atoms with Crippen LogP contribution in [0.15, 0.2) is 42.6 Å². The van der Waals surface area contributed by atoms with Crippen molar-refractivity contribution < 1.29 is 19.0 Å². The molecule has 1 unspecified atom stereocenters. The van der Waals surface area contributed by atoms with E-state index in [9.17, 15) is 4.79 Å². The Hall–Kier alpha value is -3.19. The summed E-state index contributed by atoms with van der Waals surface area (Å²) in [7, 11) is 4.68. The molecule has 180 valence electrons. The van der Waals surface area contributed by atoms with Crippen LogP contribution in [0.4, 0.5) is 0 Å². The number of carbonyl (C=O) groups is 1. The molecule has 2 aliphatic rings. The zero-order valence-corrected chi connectivity index (χ0v) is 20.1. The standard InChI is InChI=1S/C27H33N3O4/c1-32-24-11-17(12-25(33-2)26(24)34-3)27(31)29-19-13-20-7-6-8-21(14-19)30(20)16-18-15-28-23-10-5-4-9-22(18)23/h4-5,9-12,15,19-21,28H,6-8,13-14,16H2,1-3H3,(H,29,31)/t19?,20-,21+. The van der Waals surface area contributed by atoms with Gasteiger partial charge in [-0.05, 0) is 49.4 Å². The van der Waals surface area contributed by atoms with E-state index in [1.54, 1.807) is 33.5 Å². The normalized spacial score (nSPS) is 22.4. The highest BCUT2D eigenvalue weighted by atomic mass is 16.5. The van der Waals surface area contributed by atoms with E-state index in [4.69, 9.17) is 14.2 Å². The van der Waals surface area contributed by atoms with E-state index in [0.717, 1.165) is 19.4 Å². The Kier molecular flexibility index (Phi) is 6.37. The van der Waals surface area contributed by atoms with Crippen molar-refractivity contribution >= 4 is 16.8 Å². The lowest BCUT2D eigenvalue weighted by Gasteiger charge is -2.49. The number of H-pyrrole nitrogens is 1. The van der Waals surface area contributed by atoms with Gasteiger partial charge in [0.15, 0.2) is 11.5 Å². The molecule has 0 aliphatic carbocycles. The zero-order valence-electron chi connectivity index (χ0n) is 20.1. The lowest BCUT2D eigenvalue weighted by molar-refractivity contribution is 0.0180. The molecule has 34 heavy (non-hydrogen) atoms. The van der Waals surface area contributed by atoms with Gasteiger partial charge in [0, 0.05) is 47.3 Å². The number of methoxy groups -OCH3 is 3. The van der Waals surface area contributed by atoms with Gasteiger partial charge in [0.2, 0.25) is 5.75 Å². The molecule has 7 nitrogen and oxygen atoms in total. The number of benzene rings is 2. The first kappa shape index (κ1) is 22.6. The molecule has 5 rings (SSSR count). The number of rotatable bonds is 7. The molecule has 2 N–H and O–H groups in total. The molecule has 0 radical (unpaired) electrons. The molecule has 2 bridgehead atoms. The molecule has 2 aliphatic heterocycles. The number of nitrogens with one attached hydrogen (secondary N) is 2. The molecule has 3 heterocycles. The summed E-state index contributed by atoms with van der Waals surface area (Å²) >= 11 is 0. The summed E-state index contributed by atoms with van der Waals surface area (Å²) in [6, 6.07) is 13.0. The predicted molar refractivity (Wildman–Crippen MR) is 132 cm³/mol. The molecule has 2 fully saturated rings. The minimum absolute atomic E-state index is 0.104. The molecular weight excluding hydrogens is 430 g/mol. The number of para-hydroxylation sites is 1. The van der Waals surface area contributed by atoms with E-state index >= 15 is 0 Å². The van der Waals surface area contributed by atoms with Crippen molar-refractivity contribution in [3.05, 3.63) is 53.7 Å². The summed E-state index contributed by atoms with van der Waals surface area (Å²) < 4.78 is 16.2. The summed E-state index contributed by atoms with van der Waals surface area (Å²) in [6.07, 6.45) is 7.70. The summed E-state index contributed by atoms with van der Waals surface area (Å²) in [5.41, 5.74) is 3.06. The number of aromatic amines is 1. The number of nitrogens with zero attached hydrogens (tertiary/aromatic N) is 1. The van der Waals surface area contributed by atoms with Gasteiger partial charge in [0.05, 0.1) is 21.3 Å². The van der Waals surface area contributed by atoms with E-state index in [-0.39, 0.29) is 11.9 Å². The maximum atomic E-state index is 13.2. The van der Waals surface area contributed by atoms with Gasteiger partial charge in [0.1, 0.15) is 0 Å². The van der Waals surface area contributed by atoms with Crippen LogP contribution in [0.5, 0.6) is 17.2 Å². The van der Waals surface area contributed by atoms with E-state index in [1.807, 2.05) is 0 Å². The van der Waals surface area contributed by atoms with Crippen LogP contribution >= 0.6 is 0 Å². The van der Waals surface area contributed by atoms with E-state index in [1.165, 1.54) is 35.7 Å². The fourth-order valence-corrected chi connectivity index (χ4v) is 5.79. The number of fused-ring (bicyclic) bond motifs is 3. The van der Waals surface area contributed by atoms with Crippen LogP contribution < -0.4 is 19.5 Å². The quantitative estimate of drug-likeness (QED) is 0.539. The molecule has 1 aromatic heterocycles. The van der Waals surface area contributed by atoms with Gasteiger partial charge in [-0.25, -0.2) is 0 Å². The van der Waals surface area contributed by atoms with Crippen LogP contribution in [-0.4, -0.2) is 55.2 Å². The largest absolute Gasteiger partial charge is 0.493 e. The Bertz CT molecular complexity index is 1130. The van der Waals surface area contributed by atoms with Crippen LogP contribution in [0.25, 0.3) is 10.9 Å². The minimum atomic E-state index is -0.104. The highest BCUT2D eigenvalue weighted by Crippen LogP contribution is 2.39. The number of amides is 1. The third-order valence-corrected chi connectivity index (χ3v) is 7.42. The molecule has 2 saturated heterocycles. The van der Waals surface area contributed by atoms with Gasteiger partial charge >= 0.3 is 0 Å². The maximum absolute atomic E-state index is 13.2. The second-order valence-electron chi connectivity index (χ2n) is 9.33. The highest BCUT2D eigenvalue weighted by Gasteiger charge is 2.39. The topological polar surface area (TPSA) is 75.8 Å². The average molecular weight is 464 g/mol. The molecule has 3 atom stereocenters. The Labute approximate surface area is 200 Å². The van der Waals surface area contributed by atoms with Gasteiger partial charge in [-0.2, -0.15) is 0 Å². The fraction of sp³-hybridized carbons (Fsp3) is 0.444. The van der Waals surface area contributed by atoms with E-state index in [0.29, 0.717) is 34.9 Å². The molecule has 1 amide bonds. The predicted octanol–water partition coefficient (Wildman–Crippen LogP) is 4.51. The summed E-state index contributed by atoms with van der Waals surface area (Å²) in [4.78, 5) is 19.3. The van der Waals surface area contributed by atoms with Gasteiger partial charge in [-0.3, -0.25) is 9.69 Å². The molecule has 0 saturated carbocycles. The van der Waals surface area contributed by atoms with Crippen molar-refractivity contribution in [1.29, 1.82) is 0 Å². The Morgan fingerprint density at radius 2 is 1.71 bits per heavy atom. The molecule has 0 spiro atoms. The Balaban J connectivity index is 1.30. The summed E-state index contributed by atoms with van der Waals surface area (Å²) in [6.45, 7) is 0.951. The number of ether oxygens (including phenoxy) is 3. The van der Waals surface area contributed by atoms with Crippen molar-refractivity contribution in [2.75, 3.05) is 21.3 Å². The molecular formula is C27H33N3O4. The first-order valence-corrected chi connectivity index (χ1v) is 12.0. The monoisotopic (exact) mass is 463 g/mol. The van der Waals surface area contributed by atoms with Gasteiger partial charge in [-0.1, -0.05) is 24.6 Å². The first-order valence-electron chi connectivity index (χ1n) is 12.0. The molecule has 2 aromatic carbocycles. The van der Waals surface area contributed by atoms with Crippen molar-refractivity contribution in [3.8, 4) is 17.2 Å². The number of hydrogen-bond acceptors (Lipinski definition) is 5. The fourth-order valence-electron chi connectivity index (χ4n) is 5.79. The van der Waals surface area contributed by atoms with Crippen LogP contribution in [0, 0.1) is 0 Å². The number of carbonyl (C=O) groups excluding carboxylic acids is 1. The lowest BCUT2D eigenvalue weighted by atomic mass is 9.81. The number of hydrogen-bond donors (Lipinski definition) is 2. The van der Waals surface area contributed by atoms with E-state index in [2.05, 4.69) is 45.7 Å². The lowest BCUT2D eigenvalue weighted by Crippen LogP contribution is -2.56. The molecule has 3 aromatic rings. The smallest absolute Gasteiger partial charge is 0.251 e. The zero-order chi connectivity index (χ0) is 23.7. The van der Waals surface area contributed by atoms with Crippen molar-refractivity contribution in [1.82, 2.24) is 15.2 Å². The molecule has 7 heteroatoms. The second-order valence-corrected chi connectivity index (χ2v) is 9.33. The number of piperidine rings is 2. The van der Waals surface area contributed by atoms with Crippen LogP contribution in [0.2, 0.25) is 0 Å². The minimum Gasteiger partial charge on any atom is -0.493 e. The number of aromatic nitrogens is 1. The Morgan fingerprint density at radius 1 is 1.03 bits per heavy atom. The van der Waals surface area contributed by atoms with Crippen LogP contribution in [-0.2, 0) is 6.54 Å². The first-order chi connectivity index (χ1) is 16.6. The van der Waals surface area contributed by atoms with Crippen molar-refractivity contribution in [3.63, 3.8) is 0 Å². The third kappa shape index (κ3) is 4.20. The maximum Gasteiger partial charge on any atom is 0.251 e. The summed E-state index contributed by atoms with van der Waals surface area (Å²) in [5, 5.41) is 4.59. The third-order valence-electron chi connectivity index (χ3n) is 7.42. The van der Waals surface area contributed by atoms with Crippen LogP contribution in [0.1, 0.15) is 48.0 Å². The van der Waals surface area contributed by atoms with E-state index < -0.39 is 0 Å². The summed E-state index contributed by atoms with van der Waals surface area (Å²) in [5.74, 6) is 1.35. The van der Waals surface area contributed by atoms with Crippen LogP contribution in [0.3, 0.4) is 0 Å². The van der Waals surface area contributed by atoms with Crippen molar-refractivity contribution in [2.24, 2.45) is 0 Å².